The van der Waals surface area contributed by atoms with Gasteiger partial charge in [0, 0.05) is 6.04 Å². The van der Waals surface area contributed by atoms with Crippen LogP contribution >= 0.6 is 0 Å². The Morgan fingerprint density at radius 2 is 2.24 bits per heavy atom. The number of phenols is 1. The van der Waals surface area contributed by atoms with Crippen LogP contribution in [0, 0.1) is 5.92 Å². The number of ether oxygens (including phenoxy) is 1. The molecule has 0 amide bonds. The molecule has 1 aromatic carbocycles. The predicted molar refractivity (Wildman–Crippen MR) is 82.2 cm³/mol. The van der Waals surface area contributed by atoms with Gasteiger partial charge >= 0.3 is 5.97 Å². The van der Waals surface area contributed by atoms with Crippen molar-refractivity contribution >= 4 is 5.97 Å². The molecular weight excluding hydrogens is 266 g/mol. The highest BCUT2D eigenvalue weighted by Crippen LogP contribution is 2.32. The summed E-state index contributed by atoms with van der Waals surface area (Å²) in [5.41, 5.74) is 2.36. The van der Waals surface area contributed by atoms with E-state index in [0.29, 0.717) is 5.92 Å². The Bertz CT molecular complexity index is 499. The first kappa shape index (κ1) is 15.8. The molecule has 0 radical (unpaired) electrons. The summed E-state index contributed by atoms with van der Waals surface area (Å²) in [6, 6.07) is 5.33. The first-order valence-corrected chi connectivity index (χ1v) is 7.67. The summed E-state index contributed by atoms with van der Waals surface area (Å²) in [6.45, 7) is 4.19. The largest absolute Gasteiger partial charge is 0.508 e. The van der Waals surface area contributed by atoms with E-state index in [1.54, 1.807) is 6.07 Å². The smallest absolute Gasteiger partial charge is 0.322 e. The molecule has 2 atom stereocenters. The van der Waals surface area contributed by atoms with E-state index in [4.69, 9.17) is 4.74 Å². The van der Waals surface area contributed by atoms with Crippen molar-refractivity contribution in [3.8, 4) is 5.75 Å². The average molecular weight is 291 g/mol. The van der Waals surface area contributed by atoms with Gasteiger partial charge in [0.05, 0.1) is 7.11 Å². The van der Waals surface area contributed by atoms with E-state index >= 15 is 0 Å². The number of aryl methyl sites for hydroxylation is 1. The fourth-order valence-corrected chi connectivity index (χ4v) is 3.05. The van der Waals surface area contributed by atoms with Gasteiger partial charge in [0.2, 0.25) is 0 Å². The Morgan fingerprint density at radius 1 is 1.48 bits per heavy atom. The molecule has 1 aliphatic rings. The van der Waals surface area contributed by atoms with Crippen LogP contribution in [0.5, 0.6) is 5.75 Å². The Hall–Kier alpha value is -1.55. The quantitative estimate of drug-likeness (QED) is 0.819. The number of benzene rings is 1. The Labute approximate surface area is 126 Å². The second-order valence-electron chi connectivity index (χ2n) is 6.20. The second kappa shape index (κ2) is 6.94. The van der Waals surface area contributed by atoms with Crippen LogP contribution in [-0.4, -0.2) is 24.2 Å². The van der Waals surface area contributed by atoms with Gasteiger partial charge in [-0.3, -0.25) is 10.1 Å². The number of carbonyl (C=O) groups excluding carboxylic acids is 1. The third-order valence-corrected chi connectivity index (χ3v) is 4.04. The zero-order valence-corrected chi connectivity index (χ0v) is 13.1. The van der Waals surface area contributed by atoms with E-state index in [-0.39, 0.29) is 23.8 Å². The van der Waals surface area contributed by atoms with Crippen LogP contribution in [0.25, 0.3) is 0 Å². The maximum absolute atomic E-state index is 12.0. The van der Waals surface area contributed by atoms with E-state index in [1.807, 2.05) is 12.1 Å². The molecule has 0 heterocycles. The Morgan fingerprint density at radius 3 is 2.90 bits per heavy atom. The summed E-state index contributed by atoms with van der Waals surface area (Å²) < 4.78 is 4.92. The zero-order valence-electron chi connectivity index (χ0n) is 13.1. The van der Waals surface area contributed by atoms with Gasteiger partial charge in [-0.1, -0.05) is 19.9 Å². The monoisotopic (exact) mass is 291 g/mol. The van der Waals surface area contributed by atoms with Crippen LogP contribution in [-0.2, 0) is 16.0 Å². The molecule has 0 saturated carbocycles. The number of fused-ring (bicyclic) bond motifs is 1. The summed E-state index contributed by atoms with van der Waals surface area (Å²) in [6.07, 6.45) is 3.84. The van der Waals surface area contributed by atoms with Crippen LogP contribution in [0.15, 0.2) is 18.2 Å². The number of phenolic OH excluding ortho intramolecular Hbond substituents is 1. The van der Waals surface area contributed by atoms with E-state index in [9.17, 15) is 9.90 Å². The number of rotatable bonds is 5. The molecule has 0 spiro atoms. The molecule has 4 nitrogen and oxygen atoms in total. The first-order chi connectivity index (χ1) is 10.0. The minimum Gasteiger partial charge on any atom is -0.508 e. The predicted octanol–water partition coefficient (Wildman–Crippen LogP) is 2.95. The summed E-state index contributed by atoms with van der Waals surface area (Å²) in [5, 5.41) is 13.2. The molecule has 0 aromatic heterocycles. The van der Waals surface area contributed by atoms with Gasteiger partial charge in [-0.15, -0.1) is 0 Å². The molecule has 116 valence electrons. The lowest BCUT2D eigenvalue weighted by Gasteiger charge is -2.30. The van der Waals surface area contributed by atoms with Gasteiger partial charge in [-0.2, -0.15) is 0 Å². The van der Waals surface area contributed by atoms with E-state index in [0.717, 1.165) is 31.2 Å². The minimum absolute atomic E-state index is 0.101. The summed E-state index contributed by atoms with van der Waals surface area (Å²) >= 11 is 0. The molecule has 1 aliphatic carbocycles. The van der Waals surface area contributed by atoms with Gasteiger partial charge in [-0.05, 0) is 54.9 Å². The standard InChI is InChI=1S/C17H25NO3/c1-11(2)9-16(17(20)21-3)18-15-6-4-5-12-7-8-13(19)10-14(12)15/h7-8,10-11,15-16,18-19H,4-6,9H2,1-3H3. The number of hydrogen-bond donors (Lipinski definition) is 2. The number of esters is 1. The van der Waals surface area contributed by atoms with Crippen LogP contribution < -0.4 is 5.32 Å². The summed E-state index contributed by atoms with van der Waals surface area (Å²) in [5.74, 6) is 0.478. The number of hydrogen-bond acceptors (Lipinski definition) is 4. The molecule has 4 heteroatoms. The van der Waals surface area contributed by atoms with Gasteiger partial charge in [0.15, 0.2) is 0 Å². The maximum Gasteiger partial charge on any atom is 0.322 e. The molecule has 0 saturated heterocycles. The maximum atomic E-state index is 12.0. The van der Waals surface area contributed by atoms with E-state index < -0.39 is 0 Å². The minimum atomic E-state index is -0.298. The molecular formula is C17H25NO3. The van der Waals surface area contributed by atoms with Crippen molar-refractivity contribution in [2.45, 2.75) is 51.6 Å². The van der Waals surface area contributed by atoms with Crippen molar-refractivity contribution in [1.29, 1.82) is 0 Å². The molecule has 2 unspecified atom stereocenters. The Kier molecular flexibility index (Phi) is 5.23. The molecule has 21 heavy (non-hydrogen) atoms. The molecule has 0 fully saturated rings. The van der Waals surface area contributed by atoms with Crippen molar-refractivity contribution in [1.82, 2.24) is 5.32 Å². The van der Waals surface area contributed by atoms with Gasteiger partial charge < -0.3 is 9.84 Å². The van der Waals surface area contributed by atoms with Gasteiger partial charge in [-0.25, -0.2) is 0 Å². The summed E-state index contributed by atoms with van der Waals surface area (Å²) in [7, 11) is 1.43. The molecule has 0 bridgehead atoms. The highest BCUT2D eigenvalue weighted by atomic mass is 16.5. The number of methoxy groups -OCH3 is 1. The highest BCUT2D eigenvalue weighted by Gasteiger charge is 2.27. The topological polar surface area (TPSA) is 58.6 Å². The summed E-state index contributed by atoms with van der Waals surface area (Å²) in [4.78, 5) is 12.0. The number of carbonyl (C=O) groups is 1. The number of aromatic hydroxyl groups is 1. The van der Waals surface area contributed by atoms with Crippen LogP contribution in [0.2, 0.25) is 0 Å². The van der Waals surface area contributed by atoms with Crippen LogP contribution in [0.4, 0.5) is 0 Å². The van der Waals surface area contributed by atoms with Gasteiger partial charge in [0.25, 0.3) is 0 Å². The van der Waals surface area contributed by atoms with Gasteiger partial charge in [0.1, 0.15) is 11.8 Å². The third-order valence-electron chi connectivity index (χ3n) is 4.04. The molecule has 2 N–H and O–H groups in total. The van der Waals surface area contributed by atoms with Crippen LogP contribution in [0.1, 0.15) is 50.3 Å². The normalized spacial score (nSPS) is 19.1. The lowest BCUT2D eigenvalue weighted by Crippen LogP contribution is -2.41. The first-order valence-electron chi connectivity index (χ1n) is 7.67. The lowest BCUT2D eigenvalue weighted by atomic mass is 9.86. The fourth-order valence-electron chi connectivity index (χ4n) is 3.05. The molecule has 2 rings (SSSR count). The molecule has 1 aromatic rings. The number of nitrogens with one attached hydrogen (secondary N) is 1. The highest BCUT2D eigenvalue weighted by molar-refractivity contribution is 5.75. The second-order valence-corrected chi connectivity index (χ2v) is 6.20. The zero-order chi connectivity index (χ0) is 15.4. The average Bonchev–Trinajstić information content (AvgIpc) is 2.45. The van der Waals surface area contributed by atoms with Crippen molar-refractivity contribution in [2.75, 3.05) is 7.11 Å². The van der Waals surface area contributed by atoms with E-state index in [2.05, 4.69) is 19.2 Å². The van der Waals surface area contributed by atoms with E-state index in [1.165, 1.54) is 12.7 Å². The Balaban J connectivity index is 2.18. The van der Waals surface area contributed by atoms with Crippen molar-refractivity contribution in [3.05, 3.63) is 29.3 Å². The lowest BCUT2D eigenvalue weighted by molar-refractivity contribution is -0.143. The van der Waals surface area contributed by atoms with Crippen LogP contribution in [0.3, 0.4) is 0 Å². The molecule has 0 aliphatic heterocycles. The third kappa shape index (κ3) is 3.97. The SMILES string of the molecule is COC(=O)C(CC(C)C)NC1CCCc2ccc(O)cc21. The van der Waals surface area contributed by atoms with Crippen molar-refractivity contribution in [2.24, 2.45) is 5.92 Å². The fraction of sp³-hybridized carbons (Fsp3) is 0.588. The van der Waals surface area contributed by atoms with Crippen molar-refractivity contribution < 1.29 is 14.6 Å². The van der Waals surface area contributed by atoms with Crippen molar-refractivity contribution in [3.63, 3.8) is 0 Å².